The van der Waals surface area contributed by atoms with Crippen molar-refractivity contribution in [2.75, 3.05) is 5.32 Å². The summed E-state index contributed by atoms with van der Waals surface area (Å²) in [5.74, 6) is -0.294. The number of anilines is 1. The van der Waals surface area contributed by atoms with E-state index in [2.05, 4.69) is 5.32 Å². The SMILES string of the molecule is CC(=O)Nc1ccccc1S(=O)[O-].[H-].[Na+]. The van der Waals surface area contributed by atoms with Crippen LogP contribution in [-0.2, 0) is 15.9 Å². The van der Waals surface area contributed by atoms with Crippen molar-refractivity contribution in [1.82, 2.24) is 0 Å². The predicted molar refractivity (Wildman–Crippen MR) is 49.0 cm³/mol. The number of carbonyl (C=O) groups is 1. The molecule has 0 spiro atoms. The fourth-order valence-electron chi connectivity index (χ4n) is 0.905. The van der Waals surface area contributed by atoms with Crippen LogP contribution < -0.4 is 34.9 Å². The van der Waals surface area contributed by atoms with Crippen LogP contribution >= 0.6 is 0 Å². The first-order valence-electron chi connectivity index (χ1n) is 3.57. The topological polar surface area (TPSA) is 69.2 Å². The van der Waals surface area contributed by atoms with Crippen LogP contribution in [0.1, 0.15) is 8.35 Å². The van der Waals surface area contributed by atoms with Crippen molar-refractivity contribution in [2.45, 2.75) is 11.8 Å². The number of para-hydroxylation sites is 1. The van der Waals surface area contributed by atoms with Crippen molar-refractivity contribution >= 4 is 22.7 Å². The van der Waals surface area contributed by atoms with E-state index in [0.717, 1.165) is 0 Å². The van der Waals surface area contributed by atoms with Gasteiger partial charge < -0.3 is 11.3 Å². The van der Waals surface area contributed by atoms with Crippen molar-refractivity contribution in [2.24, 2.45) is 0 Å². The van der Waals surface area contributed by atoms with E-state index in [1.54, 1.807) is 12.1 Å². The molecule has 4 nitrogen and oxygen atoms in total. The molecule has 0 aliphatic heterocycles. The fourth-order valence-corrected chi connectivity index (χ4v) is 1.39. The first-order chi connectivity index (χ1) is 6.11. The van der Waals surface area contributed by atoms with E-state index in [1.807, 2.05) is 0 Å². The Balaban J connectivity index is 0. The van der Waals surface area contributed by atoms with E-state index < -0.39 is 11.1 Å². The Hall–Kier alpha value is -0.200. The molecule has 0 heterocycles. The molecule has 1 unspecified atom stereocenters. The summed E-state index contributed by atoms with van der Waals surface area (Å²) < 4.78 is 21.3. The van der Waals surface area contributed by atoms with Gasteiger partial charge in [0, 0.05) is 11.8 Å². The molecule has 1 N–H and O–H groups in total. The smallest absolute Gasteiger partial charge is 1.00 e. The third kappa shape index (κ3) is 3.89. The van der Waals surface area contributed by atoms with Crippen molar-refractivity contribution in [3.05, 3.63) is 24.3 Å². The van der Waals surface area contributed by atoms with Gasteiger partial charge >= 0.3 is 29.6 Å². The number of nitrogens with one attached hydrogen (secondary N) is 1. The quantitative estimate of drug-likeness (QED) is 0.465. The Morgan fingerprint density at radius 3 is 2.57 bits per heavy atom. The van der Waals surface area contributed by atoms with Gasteiger partial charge in [-0.15, -0.1) is 0 Å². The molecule has 1 atom stereocenters. The van der Waals surface area contributed by atoms with Gasteiger partial charge in [0.05, 0.1) is 5.69 Å². The molecule has 0 aromatic heterocycles. The van der Waals surface area contributed by atoms with E-state index in [4.69, 9.17) is 0 Å². The van der Waals surface area contributed by atoms with Crippen LogP contribution in [0.25, 0.3) is 0 Å². The van der Waals surface area contributed by atoms with Crippen LogP contribution in [0.4, 0.5) is 5.69 Å². The maximum absolute atomic E-state index is 10.7. The molecule has 1 aromatic rings. The largest absolute Gasteiger partial charge is 1.00 e. The van der Waals surface area contributed by atoms with Crippen LogP contribution in [0.2, 0.25) is 0 Å². The van der Waals surface area contributed by atoms with E-state index in [9.17, 15) is 13.6 Å². The molecule has 0 saturated carbocycles. The average molecular weight is 222 g/mol. The van der Waals surface area contributed by atoms with Gasteiger partial charge in [0.25, 0.3) is 0 Å². The summed E-state index contributed by atoms with van der Waals surface area (Å²) in [5.41, 5.74) is 0.309. The molecule has 0 aliphatic rings. The minimum atomic E-state index is -2.32. The summed E-state index contributed by atoms with van der Waals surface area (Å²) >= 11 is -2.32. The van der Waals surface area contributed by atoms with Crippen LogP contribution in [-0.4, -0.2) is 14.7 Å². The summed E-state index contributed by atoms with van der Waals surface area (Å²) in [6.07, 6.45) is 0. The molecular weight excluding hydrogens is 213 g/mol. The Morgan fingerprint density at radius 2 is 2.07 bits per heavy atom. The molecule has 0 fully saturated rings. The maximum Gasteiger partial charge on any atom is 1.00 e. The van der Waals surface area contributed by atoms with Crippen LogP contribution in [0.5, 0.6) is 0 Å². The van der Waals surface area contributed by atoms with Crippen LogP contribution in [0.3, 0.4) is 0 Å². The van der Waals surface area contributed by atoms with Gasteiger partial charge in [-0.05, 0) is 23.2 Å². The molecule has 0 bridgehead atoms. The standard InChI is InChI=1S/C8H9NO3S.Na.H/c1-6(10)9-7-4-2-3-5-8(7)13(11)12;;/h2-5H,1H3,(H,9,10)(H,11,12);;/q;+1;-1/p-1. The Bertz CT molecular complexity index is 361. The zero-order valence-electron chi connectivity index (χ0n) is 8.94. The number of amides is 1. The minimum Gasteiger partial charge on any atom is -1.00 e. The van der Waals surface area contributed by atoms with Gasteiger partial charge in [0.2, 0.25) is 5.91 Å². The van der Waals surface area contributed by atoms with Gasteiger partial charge in [-0.1, -0.05) is 12.1 Å². The van der Waals surface area contributed by atoms with E-state index in [-0.39, 0.29) is 41.8 Å². The number of hydrogen-bond acceptors (Lipinski definition) is 3. The molecule has 0 saturated heterocycles. The molecule has 0 radical (unpaired) electrons. The summed E-state index contributed by atoms with van der Waals surface area (Å²) in [5, 5.41) is 2.42. The minimum absolute atomic E-state index is 0. The van der Waals surface area contributed by atoms with Gasteiger partial charge in [-0.2, -0.15) is 0 Å². The second-order valence-corrected chi connectivity index (χ2v) is 3.32. The van der Waals surface area contributed by atoms with Gasteiger partial charge in [0.15, 0.2) is 0 Å². The number of rotatable bonds is 2. The molecule has 0 aliphatic carbocycles. The second-order valence-electron chi connectivity index (χ2n) is 2.41. The summed E-state index contributed by atoms with van der Waals surface area (Å²) in [4.78, 5) is 10.8. The molecule has 1 amide bonds. The Labute approximate surface area is 108 Å². The van der Waals surface area contributed by atoms with Crippen molar-refractivity contribution in [3.63, 3.8) is 0 Å². The summed E-state index contributed by atoms with van der Waals surface area (Å²) in [6.45, 7) is 1.32. The van der Waals surface area contributed by atoms with Gasteiger partial charge in [-0.25, -0.2) is 0 Å². The monoisotopic (exact) mass is 222 g/mol. The first kappa shape index (κ1) is 13.8. The average Bonchev–Trinajstić information content (AvgIpc) is 2.03. The molecule has 1 rings (SSSR count). The zero-order chi connectivity index (χ0) is 9.84. The second kappa shape index (κ2) is 6.31. The summed E-state index contributed by atoms with van der Waals surface area (Å²) in [7, 11) is 0. The third-order valence-electron chi connectivity index (χ3n) is 1.38. The molecular formula is C8H9NNaO3S-. The number of benzene rings is 1. The van der Waals surface area contributed by atoms with Crippen molar-refractivity contribution in [1.29, 1.82) is 0 Å². The predicted octanol–water partition coefficient (Wildman–Crippen LogP) is -2.00. The van der Waals surface area contributed by atoms with Gasteiger partial charge in [-0.3, -0.25) is 9.00 Å². The maximum atomic E-state index is 10.7. The van der Waals surface area contributed by atoms with E-state index in [0.29, 0.717) is 5.69 Å². The fraction of sp³-hybridized carbons (Fsp3) is 0.125. The normalized spacial score (nSPS) is 11.3. The number of carbonyl (C=O) groups excluding carboxylic acids is 1. The Kier molecular flexibility index (Phi) is 6.22. The zero-order valence-corrected chi connectivity index (χ0v) is 10.8. The van der Waals surface area contributed by atoms with Gasteiger partial charge in [0.1, 0.15) is 0 Å². The third-order valence-corrected chi connectivity index (χ3v) is 2.09. The number of hydrogen-bond donors (Lipinski definition) is 1. The first-order valence-corrected chi connectivity index (χ1v) is 4.64. The Morgan fingerprint density at radius 1 is 1.50 bits per heavy atom. The molecule has 6 heteroatoms. The van der Waals surface area contributed by atoms with Crippen molar-refractivity contribution in [3.8, 4) is 0 Å². The van der Waals surface area contributed by atoms with E-state index >= 15 is 0 Å². The summed E-state index contributed by atoms with van der Waals surface area (Å²) in [6, 6.07) is 6.21. The molecule has 1 aromatic carbocycles. The molecule has 72 valence electrons. The van der Waals surface area contributed by atoms with Crippen LogP contribution in [0.15, 0.2) is 29.2 Å². The molecule has 14 heavy (non-hydrogen) atoms. The van der Waals surface area contributed by atoms with Crippen LogP contribution in [0, 0.1) is 0 Å². The van der Waals surface area contributed by atoms with E-state index in [1.165, 1.54) is 19.1 Å². The van der Waals surface area contributed by atoms with Crippen molar-refractivity contribution < 1.29 is 44.5 Å².